The Balaban J connectivity index is 1.52. The average molecular weight is 578 g/mol. The van der Waals surface area contributed by atoms with Gasteiger partial charge in [0.25, 0.3) is 5.91 Å². The van der Waals surface area contributed by atoms with Crippen LogP contribution in [0.2, 0.25) is 10.0 Å². The van der Waals surface area contributed by atoms with Crippen molar-refractivity contribution in [1.29, 1.82) is 0 Å². The summed E-state index contributed by atoms with van der Waals surface area (Å²) in [5, 5.41) is 3.78. The Morgan fingerprint density at radius 1 is 0.974 bits per heavy atom. The molecule has 198 valence electrons. The summed E-state index contributed by atoms with van der Waals surface area (Å²) in [6, 6.07) is 27.0. The van der Waals surface area contributed by atoms with Crippen LogP contribution in [0.3, 0.4) is 0 Å². The third-order valence-corrected chi connectivity index (χ3v) is 7.80. The van der Waals surface area contributed by atoms with Gasteiger partial charge in [0, 0.05) is 41.4 Å². The zero-order valence-corrected chi connectivity index (χ0v) is 23.6. The van der Waals surface area contributed by atoms with Crippen molar-refractivity contribution in [3.8, 4) is 5.75 Å². The number of carbonyl (C=O) groups is 1. The summed E-state index contributed by atoms with van der Waals surface area (Å²) < 4.78 is 11.5. The van der Waals surface area contributed by atoms with Gasteiger partial charge in [-0.1, -0.05) is 77.8 Å². The number of halogens is 2. The van der Waals surface area contributed by atoms with Crippen LogP contribution in [0.25, 0.3) is 16.8 Å². The van der Waals surface area contributed by atoms with E-state index in [9.17, 15) is 4.79 Å². The zero-order valence-electron chi connectivity index (χ0n) is 21.3. The third kappa shape index (κ3) is 6.48. The molecule has 0 spiro atoms. The second-order valence-corrected chi connectivity index (χ2v) is 10.7. The van der Waals surface area contributed by atoms with E-state index in [1.165, 1.54) is 11.8 Å². The number of methoxy groups -OCH3 is 1. The topological polar surface area (TPSA) is 51.1 Å². The maximum atomic E-state index is 13.7. The first-order valence-electron chi connectivity index (χ1n) is 12.5. The van der Waals surface area contributed by atoms with Gasteiger partial charge in [0.05, 0.1) is 10.6 Å². The Bertz CT molecular complexity index is 1560. The number of hydrogen-bond donors (Lipinski definition) is 0. The van der Waals surface area contributed by atoms with Gasteiger partial charge < -0.3 is 9.47 Å². The number of rotatable bonds is 9. The summed E-state index contributed by atoms with van der Waals surface area (Å²) in [5.41, 5.74) is 2.44. The molecule has 0 N–H and O–H groups in total. The summed E-state index contributed by atoms with van der Waals surface area (Å²) in [7, 11) is 1.66. The van der Waals surface area contributed by atoms with E-state index in [2.05, 4.69) is 0 Å². The van der Waals surface area contributed by atoms with Crippen molar-refractivity contribution >= 4 is 68.6 Å². The van der Waals surface area contributed by atoms with Gasteiger partial charge in [0.15, 0.2) is 5.17 Å². The lowest BCUT2D eigenvalue weighted by Crippen LogP contribution is -2.30. The van der Waals surface area contributed by atoms with Gasteiger partial charge in [-0.25, -0.2) is 4.99 Å². The molecule has 1 amide bonds. The average Bonchev–Trinajstić information content (AvgIpc) is 3.23. The predicted molar refractivity (Wildman–Crippen MR) is 162 cm³/mol. The summed E-state index contributed by atoms with van der Waals surface area (Å²) in [6.45, 7) is 1.33. The van der Waals surface area contributed by atoms with Gasteiger partial charge in [-0.15, -0.1) is 0 Å². The Morgan fingerprint density at radius 3 is 2.56 bits per heavy atom. The minimum absolute atomic E-state index is 0.0922. The van der Waals surface area contributed by atoms with Crippen LogP contribution < -0.4 is 4.74 Å². The number of aliphatic imine (C=N–C) groups is 1. The molecular weight excluding hydrogens is 551 g/mol. The minimum Gasteiger partial charge on any atom is -0.488 e. The van der Waals surface area contributed by atoms with Gasteiger partial charge in [-0.05, 0) is 65.4 Å². The fourth-order valence-electron chi connectivity index (χ4n) is 4.24. The number of hydrogen-bond acceptors (Lipinski definition) is 5. The molecule has 0 aliphatic carbocycles. The molecule has 0 saturated carbocycles. The van der Waals surface area contributed by atoms with Crippen molar-refractivity contribution < 1.29 is 14.3 Å². The van der Waals surface area contributed by atoms with Crippen molar-refractivity contribution in [3.63, 3.8) is 0 Å². The van der Waals surface area contributed by atoms with Crippen LogP contribution in [0.5, 0.6) is 5.75 Å². The molecule has 1 aliphatic rings. The molecule has 0 aromatic heterocycles. The minimum atomic E-state index is -0.0922. The van der Waals surface area contributed by atoms with Crippen LogP contribution >= 0.6 is 35.0 Å². The number of fused-ring (bicyclic) bond motifs is 1. The fraction of sp³-hybridized carbons (Fsp3) is 0.161. The van der Waals surface area contributed by atoms with Crippen LogP contribution in [0.4, 0.5) is 5.69 Å². The molecule has 0 radical (unpaired) electrons. The van der Waals surface area contributed by atoms with E-state index in [4.69, 9.17) is 37.7 Å². The highest BCUT2D eigenvalue weighted by Gasteiger charge is 2.33. The molecule has 1 heterocycles. The Kier molecular flexibility index (Phi) is 8.89. The van der Waals surface area contributed by atoms with Gasteiger partial charge in [0.2, 0.25) is 0 Å². The first-order chi connectivity index (χ1) is 19.0. The molecule has 5 rings (SSSR count). The van der Waals surface area contributed by atoms with E-state index in [1.807, 2.05) is 78.9 Å². The van der Waals surface area contributed by atoms with E-state index < -0.39 is 0 Å². The van der Waals surface area contributed by atoms with Gasteiger partial charge >= 0.3 is 0 Å². The Morgan fingerprint density at radius 2 is 1.77 bits per heavy atom. The molecule has 0 unspecified atom stereocenters. The Hall–Kier alpha value is -3.29. The molecule has 5 nitrogen and oxygen atoms in total. The summed E-state index contributed by atoms with van der Waals surface area (Å²) in [5.74, 6) is 0.561. The molecule has 0 bridgehead atoms. The molecule has 4 aromatic carbocycles. The van der Waals surface area contributed by atoms with Gasteiger partial charge in [-0.2, -0.15) is 0 Å². The molecule has 1 fully saturated rings. The smallest absolute Gasteiger partial charge is 0.266 e. The summed E-state index contributed by atoms with van der Waals surface area (Å²) in [4.78, 5) is 20.7. The lowest BCUT2D eigenvalue weighted by atomic mass is 10.0. The van der Waals surface area contributed by atoms with Crippen molar-refractivity contribution in [3.05, 3.63) is 111 Å². The molecule has 0 atom stereocenters. The maximum Gasteiger partial charge on any atom is 0.266 e. The second-order valence-electron chi connectivity index (χ2n) is 8.87. The lowest BCUT2D eigenvalue weighted by molar-refractivity contribution is -0.122. The molecule has 1 saturated heterocycles. The van der Waals surface area contributed by atoms with Gasteiger partial charge in [-0.3, -0.25) is 9.69 Å². The molecule has 8 heteroatoms. The molecule has 39 heavy (non-hydrogen) atoms. The maximum absolute atomic E-state index is 13.7. The quantitative estimate of drug-likeness (QED) is 0.148. The summed E-state index contributed by atoms with van der Waals surface area (Å²) in [6.07, 6.45) is 2.61. The molecular formula is C31H26Cl2N2O3S. The van der Waals surface area contributed by atoms with Crippen LogP contribution in [0.15, 0.2) is 94.8 Å². The molecule has 4 aromatic rings. The summed E-state index contributed by atoms with van der Waals surface area (Å²) >= 11 is 13.8. The SMILES string of the molecule is COCCCN1C(=O)/C(=C/c2c(OCc3ccc(Cl)cc3Cl)ccc3ccccc23)SC1=Nc1ccccc1. The van der Waals surface area contributed by atoms with E-state index in [1.54, 1.807) is 24.1 Å². The number of thioether (sulfide) groups is 1. The highest BCUT2D eigenvalue weighted by Crippen LogP contribution is 2.38. The van der Waals surface area contributed by atoms with E-state index in [0.717, 1.165) is 27.6 Å². The highest BCUT2D eigenvalue weighted by molar-refractivity contribution is 8.18. The van der Waals surface area contributed by atoms with Crippen molar-refractivity contribution in [2.45, 2.75) is 13.0 Å². The van der Waals surface area contributed by atoms with E-state index in [-0.39, 0.29) is 12.5 Å². The van der Waals surface area contributed by atoms with Crippen molar-refractivity contribution in [2.75, 3.05) is 20.3 Å². The van der Waals surface area contributed by atoms with Crippen LogP contribution in [-0.4, -0.2) is 36.2 Å². The van der Waals surface area contributed by atoms with Crippen LogP contribution in [0.1, 0.15) is 17.5 Å². The van der Waals surface area contributed by atoms with Crippen molar-refractivity contribution in [1.82, 2.24) is 4.90 Å². The van der Waals surface area contributed by atoms with Gasteiger partial charge in [0.1, 0.15) is 12.4 Å². The number of benzene rings is 4. The van der Waals surface area contributed by atoms with Crippen molar-refractivity contribution in [2.24, 2.45) is 4.99 Å². The fourth-order valence-corrected chi connectivity index (χ4v) is 5.71. The predicted octanol–water partition coefficient (Wildman–Crippen LogP) is 8.37. The zero-order chi connectivity index (χ0) is 27.2. The largest absolute Gasteiger partial charge is 0.488 e. The van der Waals surface area contributed by atoms with Crippen LogP contribution in [0, 0.1) is 0 Å². The number of amidine groups is 1. The monoisotopic (exact) mass is 576 g/mol. The number of carbonyl (C=O) groups excluding carboxylic acids is 1. The third-order valence-electron chi connectivity index (χ3n) is 6.20. The normalized spacial score (nSPS) is 15.6. The number of nitrogens with zero attached hydrogens (tertiary/aromatic N) is 2. The number of ether oxygens (including phenoxy) is 2. The lowest BCUT2D eigenvalue weighted by Gasteiger charge is -2.15. The first kappa shape index (κ1) is 27.3. The first-order valence-corrected chi connectivity index (χ1v) is 14.0. The van der Waals surface area contributed by atoms with E-state index in [0.29, 0.717) is 45.4 Å². The van der Waals surface area contributed by atoms with E-state index >= 15 is 0 Å². The highest BCUT2D eigenvalue weighted by atomic mass is 35.5. The second kappa shape index (κ2) is 12.7. The Labute approximate surface area is 242 Å². The number of para-hydroxylation sites is 1. The standard InChI is InChI=1S/C31H26Cl2N2O3S/c1-37-17-7-16-35-30(36)29(39-31(35)34-24-9-3-2-4-10-24)19-26-25-11-6-5-8-21(25)13-15-28(26)38-20-22-12-14-23(32)18-27(22)33/h2-6,8-15,18-19H,7,16-17,20H2,1H3/b29-19-,34-31?. The molecule has 1 aliphatic heterocycles. The number of amides is 1. The van der Waals surface area contributed by atoms with Crippen LogP contribution in [-0.2, 0) is 16.1 Å².